The normalized spacial score (nSPS) is 10.6. The van der Waals surface area contributed by atoms with Gasteiger partial charge >= 0.3 is 0 Å². The van der Waals surface area contributed by atoms with Gasteiger partial charge in [-0.15, -0.1) is 11.3 Å². The number of hydrogen-bond acceptors (Lipinski definition) is 4. The highest BCUT2D eigenvalue weighted by Gasteiger charge is 2.09. The molecule has 0 radical (unpaired) electrons. The fourth-order valence-electron chi connectivity index (χ4n) is 2.24. The molecule has 0 fully saturated rings. The number of ether oxygens (including phenoxy) is 1. The molecule has 1 aromatic heterocycles. The molecule has 0 saturated heterocycles. The Kier molecular flexibility index (Phi) is 6.05. The largest absolute Gasteiger partial charge is 0.497 e. The maximum atomic E-state index is 5.20. The van der Waals surface area contributed by atoms with E-state index in [0.29, 0.717) is 0 Å². The molecule has 0 aliphatic heterocycles. The Hall–Kier alpha value is -1.55. The molecule has 114 valence electrons. The van der Waals surface area contributed by atoms with Gasteiger partial charge in [0.2, 0.25) is 0 Å². The molecule has 0 bridgehead atoms. The van der Waals surface area contributed by atoms with Gasteiger partial charge < -0.3 is 10.1 Å². The Bertz CT molecular complexity index is 548. The van der Waals surface area contributed by atoms with E-state index < -0.39 is 0 Å². The summed E-state index contributed by atoms with van der Waals surface area (Å²) in [4.78, 5) is 5.97. The van der Waals surface area contributed by atoms with Crippen molar-refractivity contribution in [2.45, 2.75) is 39.5 Å². The van der Waals surface area contributed by atoms with E-state index in [0.717, 1.165) is 28.7 Å². The summed E-state index contributed by atoms with van der Waals surface area (Å²) in [7, 11) is 1.68. The number of thiazole rings is 1. The van der Waals surface area contributed by atoms with E-state index in [1.807, 2.05) is 12.1 Å². The molecule has 2 rings (SSSR count). The molecule has 0 atom stereocenters. The van der Waals surface area contributed by atoms with Crippen LogP contribution in [0.5, 0.6) is 5.75 Å². The SMILES string of the molecule is CCCCCCNc1nc(-c2ccc(OC)cc2)c(C)s1. The van der Waals surface area contributed by atoms with Crippen LogP contribution in [0.15, 0.2) is 24.3 Å². The third kappa shape index (κ3) is 4.46. The predicted molar refractivity (Wildman–Crippen MR) is 91.5 cm³/mol. The maximum absolute atomic E-state index is 5.20. The first-order chi connectivity index (χ1) is 10.2. The summed E-state index contributed by atoms with van der Waals surface area (Å²) in [5, 5.41) is 4.46. The second-order valence-electron chi connectivity index (χ2n) is 5.14. The summed E-state index contributed by atoms with van der Waals surface area (Å²) in [6.45, 7) is 5.37. The second-order valence-corrected chi connectivity index (χ2v) is 6.34. The van der Waals surface area contributed by atoms with Crippen molar-refractivity contribution >= 4 is 16.5 Å². The third-order valence-electron chi connectivity index (χ3n) is 3.47. The maximum Gasteiger partial charge on any atom is 0.183 e. The third-order valence-corrected chi connectivity index (χ3v) is 4.40. The second kappa shape index (κ2) is 8.03. The number of nitrogens with one attached hydrogen (secondary N) is 1. The zero-order chi connectivity index (χ0) is 15.1. The first-order valence-electron chi connectivity index (χ1n) is 7.60. The van der Waals surface area contributed by atoms with Crippen LogP contribution in [0, 0.1) is 6.92 Å². The van der Waals surface area contributed by atoms with E-state index in [2.05, 4.69) is 31.3 Å². The highest BCUT2D eigenvalue weighted by Crippen LogP contribution is 2.31. The van der Waals surface area contributed by atoms with Gasteiger partial charge in [-0.25, -0.2) is 4.98 Å². The average Bonchev–Trinajstić information content (AvgIpc) is 2.88. The molecule has 0 spiro atoms. The lowest BCUT2D eigenvalue weighted by molar-refractivity contribution is 0.415. The summed E-state index contributed by atoms with van der Waals surface area (Å²) in [6, 6.07) is 8.08. The molecule has 0 saturated carbocycles. The van der Waals surface area contributed by atoms with Crippen LogP contribution in [0.4, 0.5) is 5.13 Å². The number of aryl methyl sites for hydroxylation is 1. The molecule has 0 amide bonds. The van der Waals surface area contributed by atoms with E-state index in [1.54, 1.807) is 18.4 Å². The van der Waals surface area contributed by atoms with Gasteiger partial charge in [-0.1, -0.05) is 26.2 Å². The lowest BCUT2D eigenvalue weighted by Crippen LogP contribution is -2.00. The van der Waals surface area contributed by atoms with Crippen LogP contribution in [0.2, 0.25) is 0 Å². The van der Waals surface area contributed by atoms with Gasteiger partial charge in [0.25, 0.3) is 0 Å². The monoisotopic (exact) mass is 304 g/mol. The minimum Gasteiger partial charge on any atom is -0.497 e. The van der Waals surface area contributed by atoms with Crippen molar-refractivity contribution in [1.29, 1.82) is 0 Å². The predicted octanol–water partition coefficient (Wildman–Crippen LogP) is 5.12. The van der Waals surface area contributed by atoms with Crippen molar-refractivity contribution in [3.05, 3.63) is 29.1 Å². The lowest BCUT2D eigenvalue weighted by atomic mass is 10.1. The van der Waals surface area contributed by atoms with Crippen LogP contribution >= 0.6 is 11.3 Å². The number of methoxy groups -OCH3 is 1. The van der Waals surface area contributed by atoms with E-state index >= 15 is 0 Å². The van der Waals surface area contributed by atoms with Crippen LogP contribution in [-0.2, 0) is 0 Å². The Labute approximate surface area is 131 Å². The molecule has 0 aliphatic rings. The molecular formula is C17H24N2OS. The minimum atomic E-state index is 0.876. The fourth-order valence-corrected chi connectivity index (χ4v) is 3.10. The zero-order valence-corrected chi connectivity index (χ0v) is 13.9. The lowest BCUT2D eigenvalue weighted by Gasteiger charge is -2.02. The van der Waals surface area contributed by atoms with Gasteiger partial charge in [0.15, 0.2) is 5.13 Å². The minimum absolute atomic E-state index is 0.876. The topological polar surface area (TPSA) is 34.2 Å². The number of nitrogens with zero attached hydrogens (tertiary/aromatic N) is 1. The van der Waals surface area contributed by atoms with Gasteiger partial charge in [0.05, 0.1) is 12.8 Å². The molecule has 4 heteroatoms. The molecule has 0 unspecified atom stereocenters. The Balaban J connectivity index is 1.97. The van der Waals surface area contributed by atoms with Crippen LogP contribution in [0.3, 0.4) is 0 Å². The highest BCUT2D eigenvalue weighted by molar-refractivity contribution is 7.16. The van der Waals surface area contributed by atoms with Gasteiger partial charge in [0.1, 0.15) is 5.75 Å². The van der Waals surface area contributed by atoms with Crippen LogP contribution in [-0.4, -0.2) is 18.6 Å². The standard InChI is InChI=1S/C17H24N2OS/c1-4-5-6-7-12-18-17-19-16(13(2)21-17)14-8-10-15(20-3)11-9-14/h8-11H,4-7,12H2,1-3H3,(H,18,19). The van der Waals surface area contributed by atoms with Gasteiger partial charge in [-0.2, -0.15) is 0 Å². The molecule has 1 N–H and O–H groups in total. The first-order valence-corrected chi connectivity index (χ1v) is 8.42. The Morgan fingerprint density at radius 2 is 1.90 bits per heavy atom. The molecule has 2 aromatic rings. The number of unbranched alkanes of at least 4 members (excludes halogenated alkanes) is 3. The smallest absolute Gasteiger partial charge is 0.183 e. The number of anilines is 1. The van der Waals surface area contributed by atoms with Crippen molar-refractivity contribution in [2.75, 3.05) is 19.0 Å². The summed E-state index contributed by atoms with van der Waals surface area (Å²) in [5.41, 5.74) is 2.21. The van der Waals surface area contributed by atoms with E-state index in [9.17, 15) is 0 Å². The van der Waals surface area contributed by atoms with Crippen LogP contribution in [0.25, 0.3) is 11.3 Å². The summed E-state index contributed by atoms with van der Waals surface area (Å²) in [5.74, 6) is 0.876. The first kappa shape index (κ1) is 15.8. The summed E-state index contributed by atoms with van der Waals surface area (Å²) < 4.78 is 5.20. The Morgan fingerprint density at radius 3 is 2.57 bits per heavy atom. The van der Waals surface area contributed by atoms with Crippen molar-refractivity contribution in [3.8, 4) is 17.0 Å². The number of aromatic nitrogens is 1. The van der Waals surface area contributed by atoms with Crippen molar-refractivity contribution in [1.82, 2.24) is 4.98 Å². The fraction of sp³-hybridized carbons (Fsp3) is 0.471. The molecule has 1 aromatic carbocycles. The van der Waals surface area contributed by atoms with Crippen molar-refractivity contribution in [2.24, 2.45) is 0 Å². The molecule has 0 aliphatic carbocycles. The van der Waals surface area contributed by atoms with E-state index in [4.69, 9.17) is 9.72 Å². The number of benzene rings is 1. The van der Waals surface area contributed by atoms with E-state index in [1.165, 1.54) is 30.6 Å². The van der Waals surface area contributed by atoms with Crippen molar-refractivity contribution in [3.63, 3.8) is 0 Å². The molecule has 3 nitrogen and oxygen atoms in total. The van der Waals surface area contributed by atoms with Gasteiger partial charge in [-0.3, -0.25) is 0 Å². The van der Waals surface area contributed by atoms with Crippen molar-refractivity contribution < 1.29 is 4.74 Å². The quantitative estimate of drug-likeness (QED) is 0.687. The summed E-state index contributed by atoms with van der Waals surface area (Å²) in [6.07, 6.45) is 5.09. The molecule has 1 heterocycles. The molecule has 21 heavy (non-hydrogen) atoms. The van der Waals surface area contributed by atoms with Gasteiger partial charge in [-0.05, 0) is 37.6 Å². The van der Waals surface area contributed by atoms with Crippen LogP contribution < -0.4 is 10.1 Å². The van der Waals surface area contributed by atoms with Gasteiger partial charge in [0, 0.05) is 17.0 Å². The summed E-state index contributed by atoms with van der Waals surface area (Å²) >= 11 is 1.73. The number of rotatable bonds is 8. The van der Waals surface area contributed by atoms with E-state index in [-0.39, 0.29) is 0 Å². The zero-order valence-electron chi connectivity index (χ0n) is 13.1. The Morgan fingerprint density at radius 1 is 1.14 bits per heavy atom. The highest BCUT2D eigenvalue weighted by atomic mass is 32.1. The average molecular weight is 304 g/mol. The van der Waals surface area contributed by atoms with Crippen LogP contribution in [0.1, 0.15) is 37.5 Å². The molecular weight excluding hydrogens is 280 g/mol. The number of hydrogen-bond donors (Lipinski definition) is 1.